The summed E-state index contributed by atoms with van der Waals surface area (Å²) >= 11 is -2.16. The minimum absolute atomic E-state index is 0.0281. The van der Waals surface area contributed by atoms with Crippen molar-refractivity contribution in [2.45, 2.75) is 12.7 Å². The van der Waals surface area contributed by atoms with Crippen LogP contribution in [0.15, 0.2) is 48.7 Å². The lowest BCUT2D eigenvalue weighted by Gasteiger charge is -2.16. The van der Waals surface area contributed by atoms with Crippen molar-refractivity contribution >= 4 is 22.2 Å². The first kappa shape index (κ1) is 19.3. The quantitative estimate of drug-likeness (QED) is 0.636. The number of hydrogen-bond acceptors (Lipinski definition) is 3. The van der Waals surface area contributed by atoms with E-state index in [2.05, 4.69) is 9.71 Å². The van der Waals surface area contributed by atoms with Gasteiger partial charge in [0.05, 0.1) is 18.2 Å². The molecule has 0 spiro atoms. The van der Waals surface area contributed by atoms with Crippen LogP contribution in [0.3, 0.4) is 0 Å². The molecule has 27 heavy (non-hydrogen) atoms. The van der Waals surface area contributed by atoms with Crippen LogP contribution in [0, 0.1) is 0 Å². The fraction of sp³-hybridized carbons (Fsp3) is 0.167. The largest absolute Gasteiger partial charge is 0.497 e. The molecule has 1 atom stereocenters. The van der Waals surface area contributed by atoms with Crippen molar-refractivity contribution in [2.75, 3.05) is 7.11 Å². The number of aromatic nitrogens is 1. The van der Waals surface area contributed by atoms with Gasteiger partial charge in [0, 0.05) is 29.8 Å². The lowest BCUT2D eigenvalue weighted by atomic mass is 9.95. The van der Waals surface area contributed by atoms with Crippen LogP contribution in [-0.2, 0) is 24.0 Å². The Hall–Kier alpha value is -2.49. The number of nitrogens with zero attached hydrogens (tertiary/aromatic N) is 1. The van der Waals surface area contributed by atoms with E-state index in [0.29, 0.717) is 27.8 Å². The molecular formula is C18H15F3N2O3S. The number of hydrogen-bond donors (Lipinski definition) is 2. The van der Waals surface area contributed by atoms with E-state index in [1.165, 1.54) is 7.11 Å². The highest BCUT2D eigenvalue weighted by Crippen LogP contribution is 2.41. The summed E-state index contributed by atoms with van der Waals surface area (Å²) in [5, 5.41) is 0.355. The van der Waals surface area contributed by atoms with Gasteiger partial charge in [0.25, 0.3) is 0 Å². The molecule has 2 aromatic carbocycles. The summed E-state index contributed by atoms with van der Waals surface area (Å²) in [6.45, 7) is 0.115. The zero-order valence-corrected chi connectivity index (χ0v) is 14.9. The van der Waals surface area contributed by atoms with Gasteiger partial charge in [-0.3, -0.25) is 9.54 Å². The first-order valence-electron chi connectivity index (χ1n) is 7.77. The summed E-state index contributed by atoms with van der Waals surface area (Å²) in [5.41, 5.74) is 0.616. The van der Waals surface area contributed by atoms with Crippen LogP contribution in [0.2, 0.25) is 0 Å². The van der Waals surface area contributed by atoms with Crippen LogP contribution in [0.25, 0.3) is 22.0 Å². The van der Waals surface area contributed by atoms with Crippen LogP contribution >= 0.6 is 0 Å². The summed E-state index contributed by atoms with van der Waals surface area (Å²) in [4.78, 5) is 3.94. The van der Waals surface area contributed by atoms with Gasteiger partial charge in [0.1, 0.15) is 5.75 Å². The average molecular weight is 396 g/mol. The topological polar surface area (TPSA) is 71.5 Å². The Labute approximate surface area is 155 Å². The molecule has 1 unspecified atom stereocenters. The number of halogens is 3. The van der Waals surface area contributed by atoms with Gasteiger partial charge in [-0.15, -0.1) is 0 Å². The highest BCUT2D eigenvalue weighted by atomic mass is 32.2. The standard InChI is InChI=1S/C18H15F3N2O3S/c1-26-13-6-7-14-16(8-13)22-10-15(18(19,20)21)17(14)12-4-2-11(3-5-12)9-23-27(24)25/h2-8,10,23H,9H2,1H3,(H,24,25). The van der Waals surface area contributed by atoms with Gasteiger partial charge < -0.3 is 4.74 Å². The number of nitrogens with one attached hydrogen (secondary N) is 1. The van der Waals surface area contributed by atoms with Crippen LogP contribution in [0.1, 0.15) is 11.1 Å². The molecule has 142 valence electrons. The number of benzene rings is 2. The summed E-state index contributed by atoms with van der Waals surface area (Å²) in [6, 6.07) is 11.0. The molecule has 3 aromatic rings. The Morgan fingerprint density at radius 3 is 2.48 bits per heavy atom. The van der Waals surface area contributed by atoms with E-state index in [9.17, 15) is 17.4 Å². The number of fused-ring (bicyclic) bond motifs is 1. The maximum atomic E-state index is 13.6. The zero-order chi connectivity index (χ0) is 19.6. The first-order valence-corrected chi connectivity index (χ1v) is 8.88. The van der Waals surface area contributed by atoms with Gasteiger partial charge in [-0.25, -0.2) is 8.93 Å². The number of alkyl halides is 3. The second-order valence-corrected chi connectivity index (χ2v) is 6.48. The SMILES string of the molecule is COc1ccc2c(-c3ccc(CNS(=O)O)cc3)c(C(F)(F)F)cnc2c1. The van der Waals surface area contributed by atoms with Crippen molar-refractivity contribution in [2.24, 2.45) is 0 Å². The normalized spacial score (nSPS) is 12.9. The van der Waals surface area contributed by atoms with Crippen LogP contribution in [0.5, 0.6) is 5.75 Å². The van der Waals surface area contributed by atoms with Crippen LogP contribution in [-0.4, -0.2) is 20.9 Å². The molecule has 0 fully saturated rings. The van der Waals surface area contributed by atoms with Gasteiger partial charge in [-0.05, 0) is 23.3 Å². The minimum Gasteiger partial charge on any atom is -0.497 e. The van der Waals surface area contributed by atoms with Crippen molar-refractivity contribution in [3.63, 3.8) is 0 Å². The monoisotopic (exact) mass is 396 g/mol. The molecule has 1 aromatic heterocycles. The maximum Gasteiger partial charge on any atom is 0.418 e. The Balaban J connectivity index is 2.14. The lowest BCUT2D eigenvalue weighted by Crippen LogP contribution is -2.15. The van der Waals surface area contributed by atoms with Gasteiger partial charge in [0.2, 0.25) is 11.3 Å². The number of rotatable bonds is 5. The molecule has 5 nitrogen and oxygen atoms in total. The number of ether oxygens (including phenoxy) is 1. The van der Waals surface area contributed by atoms with Crippen molar-refractivity contribution in [3.05, 3.63) is 59.8 Å². The minimum atomic E-state index is -4.57. The summed E-state index contributed by atoms with van der Waals surface area (Å²) in [7, 11) is 1.47. The second kappa shape index (κ2) is 7.63. The van der Waals surface area contributed by atoms with Crippen LogP contribution < -0.4 is 9.46 Å². The van der Waals surface area contributed by atoms with Crippen LogP contribution in [0.4, 0.5) is 13.2 Å². The van der Waals surface area contributed by atoms with Crippen molar-refractivity contribution < 1.29 is 26.7 Å². The molecule has 0 aliphatic heterocycles. The molecule has 0 saturated heterocycles. The molecule has 2 N–H and O–H groups in total. The molecule has 0 aliphatic carbocycles. The van der Waals surface area contributed by atoms with E-state index in [0.717, 1.165) is 6.20 Å². The molecule has 0 radical (unpaired) electrons. The maximum absolute atomic E-state index is 13.6. The number of pyridine rings is 1. The molecular weight excluding hydrogens is 381 g/mol. The average Bonchev–Trinajstić information content (AvgIpc) is 2.64. The van der Waals surface area contributed by atoms with Crippen molar-refractivity contribution in [3.8, 4) is 16.9 Å². The highest BCUT2D eigenvalue weighted by Gasteiger charge is 2.35. The third-order valence-electron chi connectivity index (χ3n) is 4.02. The molecule has 3 rings (SSSR count). The van der Waals surface area contributed by atoms with Gasteiger partial charge in [-0.2, -0.15) is 13.2 Å². The Morgan fingerprint density at radius 1 is 1.19 bits per heavy atom. The van der Waals surface area contributed by atoms with Gasteiger partial charge in [-0.1, -0.05) is 24.3 Å². The first-order chi connectivity index (χ1) is 12.8. The van der Waals surface area contributed by atoms with Crippen molar-refractivity contribution in [1.29, 1.82) is 0 Å². The Morgan fingerprint density at radius 2 is 1.89 bits per heavy atom. The van der Waals surface area contributed by atoms with E-state index in [1.807, 2.05) is 0 Å². The molecule has 0 bridgehead atoms. The van der Waals surface area contributed by atoms with E-state index >= 15 is 0 Å². The Bertz CT molecular complexity index is 992. The fourth-order valence-corrected chi connectivity index (χ4v) is 3.05. The van der Waals surface area contributed by atoms with E-state index < -0.39 is 23.0 Å². The third kappa shape index (κ3) is 4.26. The molecule has 0 amide bonds. The summed E-state index contributed by atoms with van der Waals surface area (Å²) < 4.78 is 67.5. The fourth-order valence-electron chi connectivity index (χ4n) is 2.76. The predicted octanol–water partition coefficient (Wildman–Crippen LogP) is 4.16. The van der Waals surface area contributed by atoms with Gasteiger partial charge in [0.15, 0.2) is 0 Å². The highest BCUT2D eigenvalue weighted by molar-refractivity contribution is 7.77. The Kier molecular flexibility index (Phi) is 5.45. The third-order valence-corrected chi connectivity index (χ3v) is 4.42. The zero-order valence-electron chi connectivity index (χ0n) is 14.1. The second-order valence-electron chi connectivity index (χ2n) is 5.69. The molecule has 0 aliphatic rings. The predicted molar refractivity (Wildman–Crippen MR) is 96.3 cm³/mol. The van der Waals surface area contributed by atoms with Crippen molar-refractivity contribution in [1.82, 2.24) is 9.71 Å². The molecule has 1 heterocycles. The van der Waals surface area contributed by atoms with E-state index in [-0.39, 0.29) is 12.1 Å². The summed E-state index contributed by atoms with van der Waals surface area (Å²) in [6.07, 6.45) is -3.74. The molecule has 9 heteroatoms. The molecule has 0 saturated carbocycles. The summed E-state index contributed by atoms with van der Waals surface area (Å²) in [5.74, 6) is 0.499. The van der Waals surface area contributed by atoms with E-state index in [4.69, 9.17) is 9.29 Å². The smallest absolute Gasteiger partial charge is 0.418 e. The van der Waals surface area contributed by atoms with Gasteiger partial charge >= 0.3 is 6.18 Å². The van der Waals surface area contributed by atoms with E-state index in [1.54, 1.807) is 42.5 Å². The lowest BCUT2D eigenvalue weighted by molar-refractivity contribution is -0.137. The number of methoxy groups -OCH3 is 1.